The number of carbonyl (C=O) groups excluding carboxylic acids is 1. The van der Waals surface area contributed by atoms with Crippen molar-refractivity contribution >= 4 is 11.9 Å². The van der Waals surface area contributed by atoms with E-state index in [0.29, 0.717) is 13.1 Å². The van der Waals surface area contributed by atoms with Crippen LogP contribution in [-0.4, -0.2) is 50.0 Å². The molecule has 2 heterocycles. The number of carboxylic acid groups (broad SMARTS) is 1. The third kappa shape index (κ3) is 1.61. The average molecular weight is 220 g/mol. The van der Waals surface area contributed by atoms with Crippen LogP contribution in [0.2, 0.25) is 0 Å². The number of amides is 1. The number of terminal acetylenes is 1. The zero-order valence-corrected chi connectivity index (χ0v) is 8.20. The summed E-state index contributed by atoms with van der Waals surface area (Å²) < 4.78 is 1.43. The molecule has 7 nitrogen and oxygen atoms in total. The van der Waals surface area contributed by atoms with Crippen molar-refractivity contribution in [2.75, 3.05) is 13.1 Å². The molecule has 82 valence electrons. The summed E-state index contributed by atoms with van der Waals surface area (Å²) in [7, 11) is 0. The summed E-state index contributed by atoms with van der Waals surface area (Å²) in [5.74, 6) is 0.521. The molecule has 0 atom stereocenters. The Kier molecular flexibility index (Phi) is 2.32. The Morgan fingerprint density at radius 1 is 1.56 bits per heavy atom. The highest BCUT2D eigenvalue weighted by Gasteiger charge is 2.32. The van der Waals surface area contributed by atoms with E-state index in [0.717, 1.165) is 0 Å². The third-order valence-corrected chi connectivity index (χ3v) is 2.38. The van der Waals surface area contributed by atoms with Crippen LogP contribution in [0.5, 0.6) is 0 Å². The van der Waals surface area contributed by atoms with E-state index in [9.17, 15) is 9.59 Å². The van der Waals surface area contributed by atoms with Gasteiger partial charge in [-0.2, -0.15) is 0 Å². The van der Waals surface area contributed by atoms with E-state index in [4.69, 9.17) is 11.5 Å². The van der Waals surface area contributed by atoms with E-state index in [1.54, 1.807) is 0 Å². The second-order valence-corrected chi connectivity index (χ2v) is 3.40. The fourth-order valence-electron chi connectivity index (χ4n) is 1.43. The molecule has 0 bridgehead atoms. The van der Waals surface area contributed by atoms with Crippen molar-refractivity contribution in [2.24, 2.45) is 0 Å². The summed E-state index contributed by atoms with van der Waals surface area (Å²) in [5.41, 5.74) is -0.110. The quantitative estimate of drug-likeness (QED) is 0.645. The van der Waals surface area contributed by atoms with Gasteiger partial charge in [0.2, 0.25) is 0 Å². The Bertz CT molecular complexity index is 481. The van der Waals surface area contributed by atoms with Crippen molar-refractivity contribution in [1.29, 1.82) is 0 Å². The molecule has 2 rings (SSSR count). The highest BCUT2D eigenvalue weighted by molar-refractivity contribution is 5.93. The van der Waals surface area contributed by atoms with Crippen LogP contribution in [0.3, 0.4) is 0 Å². The second kappa shape index (κ2) is 3.66. The number of likely N-dealkylation sites (tertiary alicyclic amines) is 1. The lowest BCUT2D eigenvalue weighted by atomic mass is 10.1. The smallest absolute Gasteiger partial charge is 0.358 e. The number of aromatic nitrogens is 3. The van der Waals surface area contributed by atoms with Crippen LogP contribution in [0.25, 0.3) is 0 Å². The fourth-order valence-corrected chi connectivity index (χ4v) is 1.43. The molecule has 0 saturated carbocycles. The summed E-state index contributed by atoms with van der Waals surface area (Å²) >= 11 is 0. The normalized spacial score (nSPS) is 15.3. The fraction of sp³-hybridized carbons (Fsp3) is 0.333. The standard InChI is InChI=1S/C9H8N4O3/c1-2-8(14)12-3-6(4-12)13-5-7(9(15)16)10-11-13/h1,5-6H,3-4H2,(H,15,16). The number of nitrogens with zero attached hydrogens (tertiary/aromatic N) is 4. The lowest BCUT2D eigenvalue weighted by Gasteiger charge is -2.37. The summed E-state index contributed by atoms with van der Waals surface area (Å²) in [5, 5.41) is 15.8. The van der Waals surface area contributed by atoms with Crippen LogP contribution >= 0.6 is 0 Å². The van der Waals surface area contributed by atoms with Gasteiger partial charge in [0.05, 0.1) is 12.2 Å². The predicted molar refractivity (Wildman–Crippen MR) is 51.4 cm³/mol. The molecule has 1 aliphatic heterocycles. The third-order valence-electron chi connectivity index (χ3n) is 2.38. The van der Waals surface area contributed by atoms with Gasteiger partial charge < -0.3 is 10.0 Å². The van der Waals surface area contributed by atoms with Crippen LogP contribution in [0.4, 0.5) is 0 Å². The lowest BCUT2D eigenvalue weighted by Crippen LogP contribution is -2.50. The van der Waals surface area contributed by atoms with E-state index in [-0.39, 0.29) is 17.6 Å². The van der Waals surface area contributed by atoms with Crippen LogP contribution in [0, 0.1) is 12.3 Å². The molecule has 1 aromatic rings. The van der Waals surface area contributed by atoms with Crippen molar-refractivity contribution in [1.82, 2.24) is 19.9 Å². The number of carboxylic acids is 1. The first-order chi connectivity index (χ1) is 7.61. The molecule has 1 amide bonds. The molecule has 1 saturated heterocycles. The average Bonchev–Trinajstić information content (AvgIpc) is 2.64. The van der Waals surface area contributed by atoms with Gasteiger partial charge >= 0.3 is 5.97 Å². The van der Waals surface area contributed by atoms with E-state index in [1.807, 2.05) is 5.92 Å². The van der Waals surface area contributed by atoms with Gasteiger partial charge in [-0.1, -0.05) is 5.21 Å². The summed E-state index contributed by atoms with van der Waals surface area (Å²) in [6, 6.07) is -0.0436. The van der Waals surface area contributed by atoms with Gasteiger partial charge in [0, 0.05) is 13.1 Å². The number of rotatable bonds is 2. The van der Waals surface area contributed by atoms with Gasteiger partial charge in [-0.05, 0) is 5.92 Å². The Morgan fingerprint density at radius 3 is 2.75 bits per heavy atom. The zero-order valence-electron chi connectivity index (χ0n) is 8.20. The SMILES string of the molecule is C#CC(=O)N1CC(n2cc(C(=O)O)nn2)C1. The zero-order chi connectivity index (χ0) is 11.7. The van der Waals surface area contributed by atoms with Crippen molar-refractivity contribution in [3.63, 3.8) is 0 Å². The maximum Gasteiger partial charge on any atom is 0.358 e. The molecule has 7 heteroatoms. The van der Waals surface area contributed by atoms with Gasteiger partial charge in [0.15, 0.2) is 5.69 Å². The van der Waals surface area contributed by atoms with Gasteiger partial charge in [-0.25, -0.2) is 9.48 Å². The Balaban J connectivity index is 1.99. The molecule has 0 aliphatic carbocycles. The molecule has 1 aromatic heterocycles. The van der Waals surface area contributed by atoms with Gasteiger partial charge in [-0.15, -0.1) is 11.5 Å². The molecule has 16 heavy (non-hydrogen) atoms. The molecule has 0 radical (unpaired) electrons. The summed E-state index contributed by atoms with van der Waals surface area (Å²) in [6.45, 7) is 0.872. The van der Waals surface area contributed by atoms with Crippen molar-refractivity contribution < 1.29 is 14.7 Å². The van der Waals surface area contributed by atoms with Crippen LogP contribution in [-0.2, 0) is 4.79 Å². The highest BCUT2D eigenvalue weighted by Crippen LogP contribution is 2.19. The first kappa shape index (κ1) is 10.2. The lowest BCUT2D eigenvalue weighted by molar-refractivity contribution is -0.130. The first-order valence-corrected chi connectivity index (χ1v) is 4.52. The Morgan fingerprint density at radius 2 is 2.25 bits per heavy atom. The topological polar surface area (TPSA) is 88.3 Å². The molecule has 1 N–H and O–H groups in total. The first-order valence-electron chi connectivity index (χ1n) is 4.52. The van der Waals surface area contributed by atoms with Crippen LogP contribution in [0.1, 0.15) is 16.5 Å². The maximum atomic E-state index is 11.0. The van der Waals surface area contributed by atoms with Gasteiger partial charge in [0.1, 0.15) is 0 Å². The highest BCUT2D eigenvalue weighted by atomic mass is 16.4. The molecule has 1 fully saturated rings. The Hall–Kier alpha value is -2.36. The molecule has 0 aromatic carbocycles. The number of hydrogen-bond donors (Lipinski definition) is 1. The number of carbonyl (C=O) groups is 2. The maximum absolute atomic E-state index is 11.0. The summed E-state index contributed by atoms with van der Waals surface area (Å²) in [6.07, 6.45) is 6.29. The Labute approximate surface area is 90.7 Å². The predicted octanol–water partition coefficient (Wildman–Crippen LogP) is -1.01. The van der Waals surface area contributed by atoms with E-state index >= 15 is 0 Å². The largest absolute Gasteiger partial charge is 0.476 e. The number of aromatic carboxylic acids is 1. The minimum Gasteiger partial charge on any atom is -0.476 e. The van der Waals surface area contributed by atoms with Crippen molar-refractivity contribution in [3.8, 4) is 12.3 Å². The summed E-state index contributed by atoms with van der Waals surface area (Å²) in [4.78, 5) is 23.1. The molecule has 0 spiro atoms. The minimum atomic E-state index is -1.12. The van der Waals surface area contributed by atoms with Crippen molar-refractivity contribution in [3.05, 3.63) is 11.9 Å². The molecular formula is C9H8N4O3. The monoisotopic (exact) mass is 220 g/mol. The van der Waals surface area contributed by atoms with E-state index in [2.05, 4.69) is 10.3 Å². The molecular weight excluding hydrogens is 212 g/mol. The second-order valence-electron chi connectivity index (χ2n) is 3.40. The number of hydrogen-bond acceptors (Lipinski definition) is 4. The molecule has 0 unspecified atom stereocenters. The van der Waals surface area contributed by atoms with Crippen LogP contribution < -0.4 is 0 Å². The minimum absolute atomic E-state index is 0.0436. The van der Waals surface area contributed by atoms with Crippen molar-refractivity contribution in [2.45, 2.75) is 6.04 Å². The van der Waals surface area contributed by atoms with E-state index < -0.39 is 5.97 Å². The van der Waals surface area contributed by atoms with Crippen LogP contribution in [0.15, 0.2) is 6.20 Å². The van der Waals surface area contributed by atoms with Gasteiger partial charge in [0.25, 0.3) is 5.91 Å². The molecule has 1 aliphatic rings. The van der Waals surface area contributed by atoms with Gasteiger partial charge in [-0.3, -0.25) is 4.79 Å². The van der Waals surface area contributed by atoms with E-state index in [1.165, 1.54) is 15.8 Å².